The van der Waals surface area contributed by atoms with Crippen LogP contribution in [0.5, 0.6) is 0 Å². The average Bonchev–Trinajstić information content (AvgIpc) is 3.37. The molecular weight excluding hydrogens is 438 g/mol. The van der Waals surface area contributed by atoms with Crippen molar-refractivity contribution in [2.45, 2.75) is 65.6 Å². The summed E-state index contributed by atoms with van der Waals surface area (Å²) >= 11 is 0.00694. The van der Waals surface area contributed by atoms with Crippen LogP contribution >= 0.6 is 20.2 Å². The van der Waals surface area contributed by atoms with Gasteiger partial charge in [0, 0.05) is 18.6 Å². The first-order valence-electron chi connectivity index (χ1n) is 9.30. The summed E-state index contributed by atoms with van der Waals surface area (Å²) in [7, 11) is 9.59. The molecule has 0 radical (unpaired) electrons. The maximum atomic E-state index is 4.80. The van der Waals surface area contributed by atoms with Crippen LogP contribution in [-0.2, 0) is 13.1 Å². The average molecular weight is 466 g/mol. The Bertz CT molecular complexity index is 742. The standard InChI is InChI=1S/C19H28N6.2ClH.Mn/c1-13(2)16-7-10-23(20-16)19(24-11-8-17(21-24)14(3)4)25-12-9-18(22-25)15(5)6;;;/h7-15,19H,1-6H3;2*1H;/q;;;+2/p-2. The Morgan fingerprint density at radius 1 is 0.643 bits per heavy atom. The summed E-state index contributed by atoms with van der Waals surface area (Å²) in [6.45, 7) is 12.9. The Labute approximate surface area is 181 Å². The van der Waals surface area contributed by atoms with Gasteiger partial charge in [0.2, 0.25) is 6.29 Å². The Balaban J connectivity index is 0.000000878. The van der Waals surface area contributed by atoms with Gasteiger partial charge in [-0.1, -0.05) is 41.5 Å². The summed E-state index contributed by atoms with van der Waals surface area (Å²) in [5.41, 5.74) is 3.20. The predicted octanol–water partition coefficient (Wildman–Crippen LogP) is 5.58. The molecule has 0 aliphatic heterocycles. The van der Waals surface area contributed by atoms with Gasteiger partial charge < -0.3 is 0 Å². The van der Waals surface area contributed by atoms with Crippen LogP contribution in [-0.4, -0.2) is 29.3 Å². The molecular formula is C19H28Cl2MnN6. The van der Waals surface area contributed by atoms with Gasteiger partial charge in [0.25, 0.3) is 0 Å². The van der Waals surface area contributed by atoms with Gasteiger partial charge >= 0.3 is 33.3 Å². The number of aromatic nitrogens is 6. The van der Waals surface area contributed by atoms with Crippen molar-refractivity contribution in [2.24, 2.45) is 0 Å². The fourth-order valence-corrected chi connectivity index (χ4v) is 2.73. The summed E-state index contributed by atoms with van der Waals surface area (Å²) < 4.78 is 5.80. The van der Waals surface area contributed by atoms with Crippen LogP contribution in [0.1, 0.15) is 82.7 Å². The van der Waals surface area contributed by atoms with Crippen molar-refractivity contribution in [2.75, 3.05) is 0 Å². The topological polar surface area (TPSA) is 53.5 Å². The molecule has 3 rings (SSSR count). The van der Waals surface area contributed by atoms with Gasteiger partial charge in [-0.15, -0.1) is 0 Å². The van der Waals surface area contributed by atoms with Gasteiger partial charge in [0.05, 0.1) is 17.1 Å². The zero-order valence-electron chi connectivity index (χ0n) is 17.1. The molecule has 28 heavy (non-hydrogen) atoms. The molecule has 0 amide bonds. The molecule has 0 spiro atoms. The molecule has 0 saturated heterocycles. The molecule has 3 heterocycles. The monoisotopic (exact) mass is 465 g/mol. The molecule has 6 nitrogen and oxygen atoms in total. The van der Waals surface area contributed by atoms with Crippen LogP contribution in [0.3, 0.4) is 0 Å². The molecule has 0 aliphatic rings. The number of rotatable bonds is 6. The van der Waals surface area contributed by atoms with E-state index in [0.717, 1.165) is 17.1 Å². The fraction of sp³-hybridized carbons (Fsp3) is 0.526. The Morgan fingerprint density at radius 2 is 0.893 bits per heavy atom. The van der Waals surface area contributed by atoms with Crippen LogP contribution in [0, 0.1) is 0 Å². The second kappa shape index (κ2) is 10.5. The normalized spacial score (nSPS) is 11.6. The predicted molar refractivity (Wildman–Crippen MR) is 110 cm³/mol. The van der Waals surface area contributed by atoms with E-state index < -0.39 is 0 Å². The zero-order chi connectivity index (χ0) is 20.8. The van der Waals surface area contributed by atoms with Gasteiger partial charge in [-0.05, 0) is 36.0 Å². The Morgan fingerprint density at radius 3 is 1.07 bits per heavy atom. The van der Waals surface area contributed by atoms with E-state index in [1.54, 1.807) is 0 Å². The SMILES string of the molecule is CC(C)c1ccn(C(n2ccc(C(C)C)n2)n2ccc(C(C)C)n2)n1.[Cl][Mn][Cl]. The van der Waals surface area contributed by atoms with E-state index in [2.05, 4.69) is 59.7 Å². The second-order valence-corrected chi connectivity index (χ2v) is 9.48. The van der Waals surface area contributed by atoms with Crippen LogP contribution in [0.4, 0.5) is 0 Å². The fourth-order valence-electron chi connectivity index (χ4n) is 2.73. The third kappa shape index (κ3) is 5.63. The molecule has 0 N–H and O–H groups in total. The molecule has 9 heteroatoms. The Kier molecular flexibility index (Phi) is 8.62. The van der Waals surface area contributed by atoms with Crippen molar-refractivity contribution in [3.8, 4) is 0 Å². The minimum atomic E-state index is -0.243. The Hall–Kier alpha value is -1.27. The van der Waals surface area contributed by atoms with Crippen LogP contribution in [0.15, 0.2) is 36.8 Å². The molecule has 0 atom stereocenters. The van der Waals surface area contributed by atoms with Crippen molar-refractivity contribution in [3.63, 3.8) is 0 Å². The van der Waals surface area contributed by atoms with Crippen molar-refractivity contribution < 1.29 is 13.1 Å². The van der Waals surface area contributed by atoms with Crippen molar-refractivity contribution in [3.05, 3.63) is 53.9 Å². The molecule has 3 aromatic heterocycles. The molecule has 0 aromatic carbocycles. The number of nitrogens with zero attached hydrogens (tertiary/aromatic N) is 6. The van der Waals surface area contributed by atoms with E-state index >= 15 is 0 Å². The van der Waals surface area contributed by atoms with E-state index in [0.29, 0.717) is 17.8 Å². The molecule has 0 fully saturated rings. The summed E-state index contributed by atoms with van der Waals surface area (Å²) in [6, 6.07) is 6.20. The second-order valence-electron chi connectivity index (χ2n) is 7.53. The third-order valence-corrected chi connectivity index (χ3v) is 4.37. The van der Waals surface area contributed by atoms with E-state index in [1.165, 1.54) is 0 Å². The van der Waals surface area contributed by atoms with E-state index in [-0.39, 0.29) is 19.4 Å². The summed E-state index contributed by atoms with van der Waals surface area (Å²) in [5.74, 6) is 1.15. The van der Waals surface area contributed by atoms with Gasteiger partial charge in [0.1, 0.15) is 0 Å². The van der Waals surface area contributed by atoms with Gasteiger partial charge in [-0.3, -0.25) is 0 Å². The van der Waals surface area contributed by atoms with Gasteiger partial charge in [0.15, 0.2) is 0 Å². The molecule has 3 aromatic rings. The maximum absolute atomic E-state index is 4.80. The molecule has 155 valence electrons. The number of hydrogen-bond donors (Lipinski definition) is 0. The molecule has 0 aliphatic carbocycles. The van der Waals surface area contributed by atoms with Crippen molar-refractivity contribution in [1.29, 1.82) is 0 Å². The number of halogens is 2. The van der Waals surface area contributed by atoms with Crippen LogP contribution in [0.25, 0.3) is 0 Å². The van der Waals surface area contributed by atoms with E-state index in [9.17, 15) is 0 Å². The molecule has 0 bridgehead atoms. The zero-order valence-corrected chi connectivity index (χ0v) is 19.8. The third-order valence-electron chi connectivity index (χ3n) is 4.37. The first kappa shape index (κ1) is 23.0. The van der Waals surface area contributed by atoms with E-state index in [1.807, 2.05) is 32.6 Å². The van der Waals surface area contributed by atoms with Gasteiger partial charge in [-0.2, -0.15) is 15.3 Å². The number of hydrogen-bond acceptors (Lipinski definition) is 3. The summed E-state index contributed by atoms with van der Waals surface area (Å²) in [5, 5.41) is 14.3. The summed E-state index contributed by atoms with van der Waals surface area (Å²) in [6.07, 6.45) is 5.78. The summed E-state index contributed by atoms with van der Waals surface area (Å²) in [4.78, 5) is 0. The first-order valence-corrected chi connectivity index (χ1v) is 12.6. The van der Waals surface area contributed by atoms with Crippen molar-refractivity contribution >= 4 is 20.2 Å². The molecule has 0 unspecified atom stereocenters. The minimum absolute atomic E-state index is 0.00694. The van der Waals surface area contributed by atoms with Crippen LogP contribution in [0.2, 0.25) is 0 Å². The van der Waals surface area contributed by atoms with Crippen LogP contribution < -0.4 is 0 Å². The van der Waals surface area contributed by atoms with E-state index in [4.69, 9.17) is 35.5 Å². The quantitative estimate of drug-likeness (QED) is 0.446. The first-order chi connectivity index (χ1) is 13.3. The molecule has 0 saturated carbocycles. The van der Waals surface area contributed by atoms with Gasteiger partial charge in [-0.25, -0.2) is 14.0 Å². The van der Waals surface area contributed by atoms with Crippen molar-refractivity contribution in [1.82, 2.24) is 29.3 Å².